The van der Waals surface area contributed by atoms with E-state index in [9.17, 15) is 13.6 Å². The van der Waals surface area contributed by atoms with Gasteiger partial charge in [0.15, 0.2) is 0 Å². The molecule has 0 spiro atoms. The van der Waals surface area contributed by atoms with E-state index < -0.39 is 0 Å². The van der Waals surface area contributed by atoms with Crippen LogP contribution in [0, 0.1) is 11.6 Å². The fourth-order valence-corrected chi connectivity index (χ4v) is 4.35. The molecule has 8 nitrogen and oxygen atoms in total. The molecule has 1 aliphatic rings. The third-order valence-corrected chi connectivity index (χ3v) is 6.11. The van der Waals surface area contributed by atoms with Gasteiger partial charge in [-0.15, -0.1) is 10.2 Å². The fraction of sp³-hybridized carbons (Fsp3) is 0.292. The summed E-state index contributed by atoms with van der Waals surface area (Å²) in [4.78, 5) is 17.0. The Balaban J connectivity index is 1.39. The second-order valence-corrected chi connectivity index (χ2v) is 8.36. The topological polar surface area (TPSA) is 81.7 Å². The smallest absolute Gasteiger partial charge is 0.273 e. The maximum Gasteiger partial charge on any atom is 0.273 e. The molecule has 1 saturated heterocycles. The second kappa shape index (κ2) is 9.12. The molecule has 0 N–H and O–H groups in total. The number of likely N-dealkylation sites (tertiary alicyclic amines) is 1. The monoisotopic (exact) mass is 463 g/mol. The van der Waals surface area contributed by atoms with Crippen LogP contribution in [0.5, 0.6) is 0 Å². The van der Waals surface area contributed by atoms with Crippen molar-refractivity contribution in [2.75, 3.05) is 6.54 Å². The number of benzene rings is 2. The zero-order chi connectivity index (χ0) is 23.7. The summed E-state index contributed by atoms with van der Waals surface area (Å²) in [6, 6.07) is 11.8. The van der Waals surface area contributed by atoms with Gasteiger partial charge in [-0.1, -0.05) is 12.1 Å². The minimum atomic E-state index is -0.336. The van der Waals surface area contributed by atoms with Gasteiger partial charge in [-0.05, 0) is 66.4 Å². The van der Waals surface area contributed by atoms with Crippen molar-refractivity contribution in [2.24, 2.45) is 7.05 Å². The lowest BCUT2D eigenvalue weighted by Crippen LogP contribution is -2.46. The highest BCUT2D eigenvalue weighted by Gasteiger charge is 2.32. The summed E-state index contributed by atoms with van der Waals surface area (Å²) in [7, 11) is 1.73. The van der Waals surface area contributed by atoms with Gasteiger partial charge in [-0.3, -0.25) is 9.48 Å². The lowest BCUT2D eigenvalue weighted by Gasteiger charge is -2.35. The van der Waals surface area contributed by atoms with Gasteiger partial charge in [0, 0.05) is 24.7 Å². The molecule has 2 aromatic carbocycles. The van der Waals surface area contributed by atoms with E-state index in [2.05, 4.69) is 20.5 Å². The maximum absolute atomic E-state index is 13.7. The Morgan fingerprint density at radius 1 is 1.00 bits per heavy atom. The molecule has 1 fully saturated rings. The molecule has 0 aliphatic carbocycles. The van der Waals surface area contributed by atoms with Crippen molar-refractivity contribution < 1.29 is 13.6 Å². The number of piperidine rings is 1. The summed E-state index contributed by atoms with van der Waals surface area (Å²) in [5.74, 6) is -0.401. The minimum Gasteiger partial charge on any atom is -0.332 e. The summed E-state index contributed by atoms with van der Waals surface area (Å²) in [6.07, 6.45) is 4.33. The standard InChI is InChI=1S/C24H23F2N7O/c1-31-22(21(14-27-31)16-5-9-18(25)10-6-16)24(34)32-13-3-2-4-20(32)15-33-29-23(28-30-33)17-7-11-19(26)12-8-17/h5-12,14,20H,2-4,13,15H2,1H3. The van der Waals surface area contributed by atoms with E-state index in [0.717, 1.165) is 24.8 Å². The Labute approximate surface area is 194 Å². The number of amides is 1. The Morgan fingerprint density at radius 3 is 2.38 bits per heavy atom. The van der Waals surface area contributed by atoms with Crippen LogP contribution < -0.4 is 0 Å². The number of hydrogen-bond acceptors (Lipinski definition) is 5. The summed E-state index contributed by atoms with van der Waals surface area (Å²) in [5, 5.41) is 17.0. The molecule has 0 radical (unpaired) electrons. The molecule has 1 unspecified atom stereocenters. The average Bonchev–Trinajstić information content (AvgIpc) is 3.47. The minimum absolute atomic E-state index is 0.118. The molecule has 4 aromatic rings. The van der Waals surface area contributed by atoms with E-state index in [4.69, 9.17) is 0 Å². The first-order valence-corrected chi connectivity index (χ1v) is 11.1. The largest absolute Gasteiger partial charge is 0.332 e. The molecular formula is C24H23F2N7O. The van der Waals surface area contributed by atoms with Gasteiger partial charge in [0.2, 0.25) is 5.82 Å². The number of carbonyl (C=O) groups is 1. The third-order valence-electron chi connectivity index (χ3n) is 6.11. The maximum atomic E-state index is 13.7. The lowest BCUT2D eigenvalue weighted by atomic mass is 10.00. The summed E-state index contributed by atoms with van der Waals surface area (Å²) in [5.41, 5.74) is 2.52. The van der Waals surface area contributed by atoms with Crippen LogP contribution in [0.1, 0.15) is 29.8 Å². The van der Waals surface area contributed by atoms with Crippen LogP contribution in [0.2, 0.25) is 0 Å². The molecule has 5 rings (SSSR count). The molecule has 2 aromatic heterocycles. The van der Waals surface area contributed by atoms with E-state index in [0.29, 0.717) is 35.7 Å². The predicted octanol–water partition coefficient (Wildman–Crippen LogP) is 3.71. The molecule has 10 heteroatoms. The van der Waals surface area contributed by atoms with Gasteiger partial charge >= 0.3 is 0 Å². The van der Waals surface area contributed by atoms with Gasteiger partial charge in [-0.25, -0.2) is 8.78 Å². The Bertz CT molecular complexity index is 1300. The number of carbonyl (C=O) groups excluding carboxylic acids is 1. The van der Waals surface area contributed by atoms with E-state index in [1.807, 2.05) is 4.90 Å². The first kappa shape index (κ1) is 21.9. The van der Waals surface area contributed by atoms with Crippen molar-refractivity contribution >= 4 is 5.91 Å². The number of aromatic nitrogens is 6. The first-order valence-electron chi connectivity index (χ1n) is 11.1. The van der Waals surface area contributed by atoms with Crippen LogP contribution in [0.25, 0.3) is 22.5 Å². The average molecular weight is 463 g/mol. The number of rotatable bonds is 5. The van der Waals surface area contributed by atoms with Crippen molar-refractivity contribution in [1.82, 2.24) is 34.9 Å². The number of tetrazole rings is 1. The fourth-order valence-electron chi connectivity index (χ4n) is 4.35. The Hall–Kier alpha value is -3.95. The van der Waals surface area contributed by atoms with Crippen LogP contribution in [0.3, 0.4) is 0 Å². The molecule has 1 atom stereocenters. The first-order chi connectivity index (χ1) is 16.5. The predicted molar refractivity (Wildman–Crippen MR) is 120 cm³/mol. The van der Waals surface area contributed by atoms with Crippen LogP contribution >= 0.6 is 0 Å². The van der Waals surface area contributed by atoms with Gasteiger partial charge in [0.1, 0.15) is 17.3 Å². The van der Waals surface area contributed by atoms with E-state index >= 15 is 0 Å². The van der Waals surface area contributed by atoms with Crippen molar-refractivity contribution in [1.29, 1.82) is 0 Å². The Morgan fingerprint density at radius 2 is 1.68 bits per heavy atom. The molecule has 0 bridgehead atoms. The van der Waals surface area contributed by atoms with Crippen LogP contribution in [-0.4, -0.2) is 53.4 Å². The summed E-state index contributed by atoms with van der Waals surface area (Å²) >= 11 is 0. The molecule has 1 amide bonds. The third kappa shape index (κ3) is 4.30. The van der Waals surface area contributed by atoms with Gasteiger partial charge in [-0.2, -0.15) is 9.90 Å². The van der Waals surface area contributed by atoms with Gasteiger partial charge < -0.3 is 4.90 Å². The van der Waals surface area contributed by atoms with Crippen molar-refractivity contribution in [2.45, 2.75) is 31.8 Å². The highest BCUT2D eigenvalue weighted by Crippen LogP contribution is 2.28. The molecular weight excluding hydrogens is 440 g/mol. The normalized spacial score (nSPS) is 16.1. The number of halogens is 2. The number of nitrogens with zero attached hydrogens (tertiary/aromatic N) is 7. The Kier molecular flexibility index (Phi) is 5.87. The second-order valence-electron chi connectivity index (χ2n) is 8.36. The van der Waals surface area contributed by atoms with Crippen molar-refractivity contribution in [3.63, 3.8) is 0 Å². The number of aryl methyl sites for hydroxylation is 1. The highest BCUT2D eigenvalue weighted by atomic mass is 19.1. The number of hydrogen-bond donors (Lipinski definition) is 0. The van der Waals surface area contributed by atoms with E-state index in [1.54, 1.807) is 42.2 Å². The van der Waals surface area contributed by atoms with Crippen molar-refractivity contribution in [3.8, 4) is 22.5 Å². The van der Waals surface area contributed by atoms with Crippen molar-refractivity contribution in [3.05, 3.63) is 72.1 Å². The summed E-state index contributed by atoms with van der Waals surface area (Å²) < 4.78 is 28.2. The molecule has 1 aliphatic heterocycles. The van der Waals surface area contributed by atoms with E-state index in [1.165, 1.54) is 29.1 Å². The van der Waals surface area contributed by atoms with Gasteiger partial charge in [0.05, 0.1) is 18.8 Å². The summed E-state index contributed by atoms with van der Waals surface area (Å²) in [6.45, 7) is 1.00. The lowest BCUT2D eigenvalue weighted by molar-refractivity contribution is 0.0566. The highest BCUT2D eigenvalue weighted by molar-refractivity contribution is 5.99. The quantitative estimate of drug-likeness (QED) is 0.451. The van der Waals surface area contributed by atoms with Crippen LogP contribution in [0.4, 0.5) is 8.78 Å². The van der Waals surface area contributed by atoms with Crippen LogP contribution in [-0.2, 0) is 13.6 Å². The molecule has 0 saturated carbocycles. The van der Waals surface area contributed by atoms with Crippen LogP contribution in [0.15, 0.2) is 54.7 Å². The zero-order valence-electron chi connectivity index (χ0n) is 18.6. The van der Waals surface area contributed by atoms with E-state index in [-0.39, 0.29) is 23.6 Å². The molecule has 3 heterocycles. The SMILES string of the molecule is Cn1ncc(-c2ccc(F)cc2)c1C(=O)N1CCCCC1Cn1nnc(-c2ccc(F)cc2)n1. The van der Waals surface area contributed by atoms with Gasteiger partial charge in [0.25, 0.3) is 5.91 Å². The zero-order valence-corrected chi connectivity index (χ0v) is 18.6. The molecule has 174 valence electrons. The molecule has 34 heavy (non-hydrogen) atoms.